The number of rotatable bonds is 7. The molecule has 0 saturated carbocycles. The van der Waals surface area contributed by atoms with Crippen LogP contribution in [0.4, 0.5) is 0 Å². The number of nitrogens with one attached hydrogen (secondary N) is 1. The van der Waals surface area contributed by atoms with Crippen molar-refractivity contribution in [1.29, 1.82) is 0 Å². The Kier molecular flexibility index (Phi) is 5.51. The molecule has 1 aliphatic rings. The van der Waals surface area contributed by atoms with Gasteiger partial charge in [-0.15, -0.1) is 0 Å². The van der Waals surface area contributed by atoms with Crippen molar-refractivity contribution in [2.75, 3.05) is 13.2 Å². The molecule has 3 heteroatoms. The van der Waals surface area contributed by atoms with E-state index in [9.17, 15) is 0 Å². The molecule has 0 aromatic heterocycles. The molecule has 2 rings (SSSR count). The van der Waals surface area contributed by atoms with E-state index in [1.807, 2.05) is 13.0 Å². The van der Waals surface area contributed by atoms with Crippen LogP contribution in [0.5, 0.6) is 11.5 Å². The summed E-state index contributed by atoms with van der Waals surface area (Å²) >= 11 is 0. The lowest BCUT2D eigenvalue weighted by Crippen LogP contribution is -2.41. The average Bonchev–Trinajstić information content (AvgIpc) is 2.47. The Morgan fingerprint density at radius 1 is 1.33 bits per heavy atom. The number of ether oxygens (including phenoxy) is 2. The molecule has 0 spiro atoms. The van der Waals surface area contributed by atoms with Crippen LogP contribution < -0.4 is 14.8 Å². The second kappa shape index (κ2) is 7.17. The third-order valence-electron chi connectivity index (χ3n) is 4.33. The zero-order valence-corrected chi connectivity index (χ0v) is 13.9. The summed E-state index contributed by atoms with van der Waals surface area (Å²) in [5.74, 6) is 1.87. The number of hydrogen-bond donors (Lipinski definition) is 1. The highest BCUT2D eigenvalue weighted by Crippen LogP contribution is 2.42. The van der Waals surface area contributed by atoms with Crippen LogP contribution in [0.15, 0.2) is 18.2 Å². The fourth-order valence-corrected chi connectivity index (χ4v) is 2.85. The lowest BCUT2D eigenvalue weighted by Gasteiger charge is -2.40. The van der Waals surface area contributed by atoms with Crippen LogP contribution in [0.2, 0.25) is 0 Å². The molecule has 1 aliphatic heterocycles. The first-order valence-corrected chi connectivity index (χ1v) is 8.31. The van der Waals surface area contributed by atoms with E-state index in [-0.39, 0.29) is 5.60 Å². The molecule has 0 amide bonds. The Bertz CT molecular complexity index is 461. The van der Waals surface area contributed by atoms with Crippen molar-refractivity contribution in [3.63, 3.8) is 0 Å². The molecule has 21 heavy (non-hydrogen) atoms. The maximum atomic E-state index is 6.27. The van der Waals surface area contributed by atoms with Gasteiger partial charge in [-0.2, -0.15) is 0 Å². The largest absolute Gasteiger partial charge is 0.494 e. The van der Waals surface area contributed by atoms with Gasteiger partial charge in [0, 0.05) is 24.1 Å². The summed E-state index contributed by atoms with van der Waals surface area (Å²) in [6.45, 7) is 10.4. The lowest BCUT2D eigenvalue weighted by atomic mass is 9.86. The monoisotopic (exact) mass is 291 g/mol. The SMILES string of the molecule is CCCCNC1CC(C)(CC)Oc2cc(OCC)ccc21. The molecular weight excluding hydrogens is 262 g/mol. The van der Waals surface area contributed by atoms with Gasteiger partial charge in [-0.05, 0) is 39.3 Å². The predicted molar refractivity (Wildman–Crippen MR) is 87.2 cm³/mol. The zero-order valence-electron chi connectivity index (χ0n) is 13.9. The summed E-state index contributed by atoms with van der Waals surface area (Å²) < 4.78 is 11.9. The molecular formula is C18H29NO2. The van der Waals surface area contributed by atoms with E-state index in [1.54, 1.807) is 0 Å². The second-order valence-corrected chi connectivity index (χ2v) is 6.10. The lowest BCUT2D eigenvalue weighted by molar-refractivity contribution is 0.0439. The normalized spacial score (nSPS) is 24.3. The number of fused-ring (bicyclic) bond motifs is 1. The van der Waals surface area contributed by atoms with Gasteiger partial charge in [-0.25, -0.2) is 0 Å². The molecule has 1 aromatic rings. The maximum Gasteiger partial charge on any atom is 0.128 e. The van der Waals surface area contributed by atoms with Gasteiger partial charge in [0.1, 0.15) is 17.1 Å². The van der Waals surface area contributed by atoms with Gasteiger partial charge < -0.3 is 14.8 Å². The van der Waals surface area contributed by atoms with Crippen molar-refractivity contribution < 1.29 is 9.47 Å². The smallest absolute Gasteiger partial charge is 0.128 e. The van der Waals surface area contributed by atoms with Gasteiger partial charge >= 0.3 is 0 Å². The Labute approximate surface area is 129 Å². The van der Waals surface area contributed by atoms with Crippen molar-refractivity contribution in [1.82, 2.24) is 5.32 Å². The Hall–Kier alpha value is -1.22. The minimum absolute atomic E-state index is 0.0955. The summed E-state index contributed by atoms with van der Waals surface area (Å²) in [6, 6.07) is 6.62. The molecule has 1 aromatic carbocycles. The van der Waals surface area contributed by atoms with Crippen LogP contribution in [0.25, 0.3) is 0 Å². The molecule has 0 bridgehead atoms. The van der Waals surface area contributed by atoms with Gasteiger partial charge in [-0.1, -0.05) is 26.3 Å². The van der Waals surface area contributed by atoms with Crippen LogP contribution in [0.1, 0.15) is 65.0 Å². The maximum absolute atomic E-state index is 6.27. The summed E-state index contributed by atoms with van der Waals surface area (Å²) in [4.78, 5) is 0. The van der Waals surface area contributed by atoms with Crippen molar-refractivity contribution in [3.05, 3.63) is 23.8 Å². The molecule has 0 radical (unpaired) electrons. The van der Waals surface area contributed by atoms with Crippen molar-refractivity contribution in [2.45, 2.75) is 65.0 Å². The summed E-state index contributed by atoms with van der Waals surface area (Å²) in [5, 5.41) is 3.70. The van der Waals surface area contributed by atoms with Crippen molar-refractivity contribution >= 4 is 0 Å². The zero-order chi connectivity index (χ0) is 15.3. The first-order valence-electron chi connectivity index (χ1n) is 8.31. The number of benzene rings is 1. The fourth-order valence-electron chi connectivity index (χ4n) is 2.85. The van der Waals surface area contributed by atoms with Crippen LogP contribution in [-0.2, 0) is 0 Å². The topological polar surface area (TPSA) is 30.5 Å². The molecule has 0 fully saturated rings. The van der Waals surface area contributed by atoms with E-state index in [0.717, 1.165) is 30.9 Å². The van der Waals surface area contributed by atoms with Gasteiger partial charge in [0.2, 0.25) is 0 Å². The highest BCUT2D eigenvalue weighted by Gasteiger charge is 2.35. The highest BCUT2D eigenvalue weighted by molar-refractivity contribution is 5.44. The third kappa shape index (κ3) is 3.91. The van der Waals surface area contributed by atoms with E-state index < -0.39 is 0 Å². The van der Waals surface area contributed by atoms with Gasteiger partial charge in [-0.3, -0.25) is 0 Å². The van der Waals surface area contributed by atoms with Crippen LogP contribution >= 0.6 is 0 Å². The molecule has 1 N–H and O–H groups in total. The van der Waals surface area contributed by atoms with E-state index >= 15 is 0 Å². The van der Waals surface area contributed by atoms with Crippen LogP contribution in [0.3, 0.4) is 0 Å². The predicted octanol–water partition coefficient (Wildman–Crippen LogP) is 4.47. The molecule has 0 saturated heterocycles. The van der Waals surface area contributed by atoms with E-state index in [1.165, 1.54) is 18.4 Å². The Balaban J connectivity index is 2.23. The van der Waals surface area contributed by atoms with Crippen LogP contribution in [0, 0.1) is 0 Å². The van der Waals surface area contributed by atoms with Gasteiger partial charge in [0.15, 0.2) is 0 Å². The Morgan fingerprint density at radius 3 is 2.81 bits per heavy atom. The van der Waals surface area contributed by atoms with Gasteiger partial charge in [0.25, 0.3) is 0 Å². The first-order chi connectivity index (χ1) is 10.1. The molecule has 2 unspecified atom stereocenters. The minimum atomic E-state index is -0.0955. The van der Waals surface area contributed by atoms with E-state index in [4.69, 9.17) is 9.47 Å². The quantitative estimate of drug-likeness (QED) is 0.752. The first kappa shape index (κ1) is 16.2. The molecule has 2 atom stereocenters. The Morgan fingerprint density at radius 2 is 2.14 bits per heavy atom. The second-order valence-electron chi connectivity index (χ2n) is 6.10. The average molecular weight is 291 g/mol. The van der Waals surface area contributed by atoms with E-state index in [0.29, 0.717) is 12.6 Å². The third-order valence-corrected chi connectivity index (χ3v) is 4.33. The number of hydrogen-bond acceptors (Lipinski definition) is 3. The number of unbranched alkanes of at least 4 members (excludes halogenated alkanes) is 1. The molecule has 118 valence electrons. The standard InChI is InChI=1S/C18H29NO2/c1-5-8-11-19-16-13-18(4,6-2)21-17-12-14(20-7-3)9-10-15(16)17/h9-10,12,16,19H,5-8,11,13H2,1-4H3. The van der Waals surface area contributed by atoms with Crippen molar-refractivity contribution in [2.24, 2.45) is 0 Å². The van der Waals surface area contributed by atoms with Crippen molar-refractivity contribution in [3.8, 4) is 11.5 Å². The minimum Gasteiger partial charge on any atom is -0.494 e. The van der Waals surface area contributed by atoms with E-state index in [2.05, 4.69) is 38.2 Å². The molecule has 3 nitrogen and oxygen atoms in total. The summed E-state index contributed by atoms with van der Waals surface area (Å²) in [5.41, 5.74) is 1.17. The molecule has 1 heterocycles. The highest BCUT2D eigenvalue weighted by atomic mass is 16.5. The summed E-state index contributed by atoms with van der Waals surface area (Å²) in [7, 11) is 0. The van der Waals surface area contributed by atoms with Gasteiger partial charge in [0.05, 0.1) is 6.61 Å². The molecule has 0 aliphatic carbocycles. The fraction of sp³-hybridized carbons (Fsp3) is 0.667. The van der Waals surface area contributed by atoms with Crippen LogP contribution in [-0.4, -0.2) is 18.8 Å². The summed E-state index contributed by atoms with van der Waals surface area (Å²) in [6.07, 6.45) is 4.47.